The molecule has 0 aliphatic carbocycles. The van der Waals surface area contributed by atoms with Gasteiger partial charge < -0.3 is 10.6 Å². The summed E-state index contributed by atoms with van der Waals surface area (Å²) in [6.07, 6.45) is 0.681. The van der Waals surface area contributed by atoms with Crippen molar-refractivity contribution in [3.8, 4) is 0 Å². The molecule has 1 aliphatic rings. The van der Waals surface area contributed by atoms with E-state index in [2.05, 4.69) is 0 Å². The van der Waals surface area contributed by atoms with Crippen molar-refractivity contribution in [3.05, 3.63) is 0 Å². The van der Waals surface area contributed by atoms with Gasteiger partial charge in [0.05, 0.1) is 5.41 Å². The Morgan fingerprint density at radius 2 is 2.00 bits per heavy atom. The van der Waals surface area contributed by atoms with Gasteiger partial charge >= 0.3 is 0 Å². The van der Waals surface area contributed by atoms with E-state index in [0.717, 1.165) is 0 Å². The Hall–Kier alpha value is -1.06. The first kappa shape index (κ1) is 11.0. The molecule has 1 heterocycles. The molecule has 0 radical (unpaired) electrons. The van der Waals surface area contributed by atoms with Gasteiger partial charge in [-0.15, -0.1) is 0 Å². The summed E-state index contributed by atoms with van der Waals surface area (Å²) in [7, 11) is 0. The highest BCUT2D eigenvalue weighted by Crippen LogP contribution is 2.30. The molecule has 1 aliphatic heterocycles. The maximum absolute atomic E-state index is 11.6. The molecule has 0 saturated carbocycles. The Bertz CT molecular complexity index is 263. The number of rotatable bonds is 2. The Kier molecular flexibility index (Phi) is 2.83. The van der Waals surface area contributed by atoms with Crippen molar-refractivity contribution in [1.29, 1.82) is 0 Å². The number of amides is 2. The summed E-state index contributed by atoms with van der Waals surface area (Å²) in [5.41, 5.74) is 4.77. The molecule has 14 heavy (non-hydrogen) atoms. The highest BCUT2D eigenvalue weighted by Gasteiger charge is 2.40. The number of nitrogens with zero attached hydrogens (tertiary/aromatic N) is 1. The highest BCUT2D eigenvalue weighted by atomic mass is 16.2. The first-order valence-electron chi connectivity index (χ1n) is 4.95. The molecule has 0 aromatic rings. The van der Waals surface area contributed by atoms with Crippen molar-refractivity contribution in [1.82, 2.24) is 4.90 Å². The van der Waals surface area contributed by atoms with Crippen molar-refractivity contribution >= 4 is 11.8 Å². The van der Waals surface area contributed by atoms with Crippen LogP contribution in [0.15, 0.2) is 0 Å². The third-order valence-corrected chi connectivity index (χ3v) is 2.87. The second-order valence-electron chi connectivity index (χ2n) is 4.59. The van der Waals surface area contributed by atoms with Crippen LogP contribution in [-0.4, -0.2) is 29.8 Å². The normalized spacial score (nSPS) is 27.0. The Labute approximate surface area is 84.4 Å². The van der Waals surface area contributed by atoms with Crippen LogP contribution in [0.2, 0.25) is 0 Å². The SMILES string of the molecule is CC(C)C(=O)N1CCC(C)(C(N)=O)C1. The summed E-state index contributed by atoms with van der Waals surface area (Å²) in [5.74, 6) is -0.211. The average molecular weight is 198 g/mol. The molecule has 1 atom stereocenters. The third kappa shape index (κ3) is 1.89. The lowest BCUT2D eigenvalue weighted by atomic mass is 9.89. The molecule has 2 amide bonds. The zero-order valence-electron chi connectivity index (χ0n) is 9.04. The van der Waals surface area contributed by atoms with Gasteiger partial charge in [-0.3, -0.25) is 9.59 Å². The largest absolute Gasteiger partial charge is 0.369 e. The second-order valence-corrected chi connectivity index (χ2v) is 4.59. The maximum atomic E-state index is 11.6. The van der Waals surface area contributed by atoms with E-state index >= 15 is 0 Å². The summed E-state index contributed by atoms with van der Waals surface area (Å²) in [6, 6.07) is 0. The second kappa shape index (κ2) is 3.59. The lowest BCUT2D eigenvalue weighted by Gasteiger charge is -2.22. The molecule has 4 nitrogen and oxygen atoms in total. The fourth-order valence-electron chi connectivity index (χ4n) is 1.72. The zero-order valence-corrected chi connectivity index (χ0v) is 9.04. The van der Waals surface area contributed by atoms with Crippen LogP contribution >= 0.6 is 0 Å². The van der Waals surface area contributed by atoms with Crippen LogP contribution in [0.3, 0.4) is 0 Å². The molecule has 1 unspecified atom stereocenters. The summed E-state index contributed by atoms with van der Waals surface area (Å²) in [4.78, 5) is 24.5. The van der Waals surface area contributed by atoms with E-state index in [1.165, 1.54) is 0 Å². The standard InChI is InChI=1S/C10H18N2O2/c1-7(2)8(13)12-5-4-10(3,6-12)9(11)14/h7H,4-6H2,1-3H3,(H2,11,14). The van der Waals surface area contributed by atoms with E-state index in [0.29, 0.717) is 19.5 Å². The topological polar surface area (TPSA) is 63.4 Å². The minimum atomic E-state index is -0.523. The van der Waals surface area contributed by atoms with Crippen LogP contribution in [0.4, 0.5) is 0 Å². The summed E-state index contributed by atoms with van der Waals surface area (Å²) in [6.45, 7) is 6.67. The van der Waals surface area contributed by atoms with Gasteiger partial charge in [-0.2, -0.15) is 0 Å². The molecule has 80 valence electrons. The minimum Gasteiger partial charge on any atom is -0.369 e. The summed E-state index contributed by atoms with van der Waals surface area (Å²) in [5, 5.41) is 0. The van der Waals surface area contributed by atoms with Crippen LogP contribution < -0.4 is 5.73 Å². The van der Waals surface area contributed by atoms with Gasteiger partial charge in [0.2, 0.25) is 11.8 Å². The van der Waals surface area contributed by atoms with Gasteiger partial charge in [0.25, 0.3) is 0 Å². The Morgan fingerprint density at radius 3 is 2.36 bits per heavy atom. The summed E-state index contributed by atoms with van der Waals surface area (Å²) < 4.78 is 0. The molecule has 2 N–H and O–H groups in total. The molecule has 1 fully saturated rings. The zero-order chi connectivity index (χ0) is 10.9. The smallest absolute Gasteiger partial charge is 0.225 e. The molecule has 0 spiro atoms. The van der Waals surface area contributed by atoms with Crippen molar-refractivity contribution in [2.45, 2.75) is 27.2 Å². The van der Waals surface area contributed by atoms with Crippen LogP contribution in [0.1, 0.15) is 27.2 Å². The fourth-order valence-corrected chi connectivity index (χ4v) is 1.72. The number of hydrogen-bond acceptors (Lipinski definition) is 2. The number of carbonyl (C=O) groups excluding carboxylic acids is 2. The molecule has 0 aromatic heterocycles. The summed E-state index contributed by atoms with van der Waals surface area (Å²) >= 11 is 0. The van der Waals surface area contributed by atoms with Gasteiger partial charge in [0.15, 0.2) is 0 Å². The lowest BCUT2D eigenvalue weighted by molar-refractivity contribution is -0.134. The number of nitrogens with two attached hydrogens (primary N) is 1. The molecule has 0 aromatic carbocycles. The van der Waals surface area contributed by atoms with Gasteiger partial charge in [0, 0.05) is 19.0 Å². The van der Waals surface area contributed by atoms with Gasteiger partial charge in [-0.1, -0.05) is 13.8 Å². The Balaban J connectivity index is 2.66. The van der Waals surface area contributed by atoms with E-state index in [1.807, 2.05) is 20.8 Å². The number of hydrogen-bond donors (Lipinski definition) is 1. The number of carbonyl (C=O) groups is 2. The van der Waals surface area contributed by atoms with Gasteiger partial charge in [-0.25, -0.2) is 0 Å². The van der Waals surface area contributed by atoms with Gasteiger partial charge in [0.1, 0.15) is 0 Å². The van der Waals surface area contributed by atoms with Crippen molar-refractivity contribution in [2.75, 3.05) is 13.1 Å². The van der Waals surface area contributed by atoms with Gasteiger partial charge in [-0.05, 0) is 13.3 Å². The minimum absolute atomic E-state index is 0.00905. The van der Waals surface area contributed by atoms with Crippen molar-refractivity contribution < 1.29 is 9.59 Å². The molecular weight excluding hydrogens is 180 g/mol. The molecule has 1 rings (SSSR count). The number of primary amides is 1. The molecular formula is C10H18N2O2. The monoisotopic (exact) mass is 198 g/mol. The molecule has 1 saturated heterocycles. The van der Waals surface area contributed by atoms with Crippen LogP contribution in [-0.2, 0) is 9.59 Å². The van der Waals surface area contributed by atoms with Crippen LogP contribution in [0.5, 0.6) is 0 Å². The molecule has 0 bridgehead atoms. The Morgan fingerprint density at radius 1 is 1.43 bits per heavy atom. The first-order valence-corrected chi connectivity index (χ1v) is 4.95. The average Bonchev–Trinajstić information content (AvgIpc) is 2.48. The number of likely N-dealkylation sites (tertiary alicyclic amines) is 1. The highest BCUT2D eigenvalue weighted by molar-refractivity contribution is 5.84. The van der Waals surface area contributed by atoms with E-state index in [1.54, 1.807) is 4.90 Å². The quantitative estimate of drug-likeness (QED) is 0.696. The van der Waals surface area contributed by atoms with Crippen molar-refractivity contribution in [2.24, 2.45) is 17.1 Å². The fraction of sp³-hybridized carbons (Fsp3) is 0.800. The van der Waals surface area contributed by atoms with Crippen LogP contribution in [0, 0.1) is 11.3 Å². The van der Waals surface area contributed by atoms with Crippen molar-refractivity contribution in [3.63, 3.8) is 0 Å². The van der Waals surface area contributed by atoms with E-state index in [4.69, 9.17) is 5.73 Å². The van der Waals surface area contributed by atoms with E-state index in [9.17, 15) is 9.59 Å². The predicted octanol–water partition coefficient (Wildman–Crippen LogP) is 0.366. The maximum Gasteiger partial charge on any atom is 0.225 e. The van der Waals surface area contributed by atoms with E-state index < -0.39 is 5.41 Å². The lowest BCUT2D eigenvalue weighted by Crippen LogP contribution is -2.39. The van der Waals surface area contributed by atoms with E-state index in [-0.39, 0.29) is 17.7 Å². The predicted molar refractivity (Wildman–Crippen MR) is 53.3 cm³/mol. The molecule has 4 heteroatoms. The van der Waals surface area contributed by atoms with Crippen LogP contribution in [0.25, 0.3) is 0 Å². The third-order valence-electron chi connectivity index (χ3n) is 2.87. The first-order chi connectivity index (χ1) is 6.37.